The van der Waals surface area contributed by atoms with Crippen molar-refractivity contribution in [2.24, 2.45) is 0 Å². The maximum atomic E-state index is 12.3. The molecule has 0 unspecified atom stereocenters. The summed E-state index contributed by atoms with van der Waals surface area (Å²) in [6.07, 6.45) is 0.779. The Kier molecular flexibility index (Phi) is 4.59. The first kappa shape index (κ1) is 17.2. The first-order valence-corrected chi connectivity index (χ1v) is 8.72. The fourth-order valence-electron chi connectivity index (χ4n) is 2.72. The van der Waals surface area contributed by atoms with Gasteiger partial charge < -0.3 is 9.64 Å². The molecule has 3 aromatic rings. The predicted octanol–water partition coefficient (Wildman–Crippen LogP) is 3.28. The Morgan fingerprint density at radius 3 is 2.72 bits per heavy atom. The number of ether oxygens (including phenoxy) is 1. The number of imidazole rings is 1. The lowest BCUT2D eigenvalue weighted by molar-refractivity contribution is 0.0831. The predicted molar refractivity (Wildman–Crippen MR) is 97.8 cm³/mol. The summed E-state index contributed by atoms with van der Waals surface area (Å²) in [5.41, 5.74) is 2.47. The molecule has 2 heterocycles. The van der Waals surface area contributed by atoms with Gasteiger partial charge in [0.05, 0.1) is 6.61 Å². The Labute approximate surface area is 149 Å². The van der Waals surface area contributed by atoms with Crippen LogP contribution in [0.25, 0.3) is 16.2 Å². The minimum Gasteiger partial charge on any atom is -0.493 e. The molecule has 0 atom stereocenters. The van der Waals surface area contributed by atoms with E-state index >= 15 is 0 Å². The lowest BCUT2D eigenvalue weighted by Crippen LogP contribution is -2.21. The van der Waals surface area contributed by atoms with Gasteiger partial charge in [-0.2, -0.15) is 0 Å². The molecule has 0 fully saturated rings. The second kappa shape index (κ2) is 6.68. The summed E-state index contributed by atoms with van der Waals surface area (Å²) in [5, 5.41) is 0. The average Bonchev–Trinajstić information content (AvgIpc) is 3.11. The van der Waals surface area contributed by atoms with E-state index in [4.69, 9.17) is 4.74 Å². The van der Waals surface area contributed by atoms with Crippen LogP contribution in [-0.2, 0) is 0 Å². The Bertz CT molecular complexity index is 956. The van der Waals surface area contributed by atoms with Crippen molar-refractivity contribution in [2.45, 2.75) is 13.8 Å². The molecule has 0 bridgehead atoms. The van der Waals surface area contributed by atoms with Crippen LogP contribution in [0.1, 0.15) is 32.8 Å². The molecule has 1 aromatic carbocycles. The minimum atomic E-state index is -0.0962. The quantitative estimate of drug-likeness (QED) is 0.657. The van der Waals surface area contributed by atoms with Gasteiger partial charge in [0.1, 0.15) is 22.0 Å². The van der Waals surface area contributed by atoms with Crippen LogP contribution in [0, 0.1) is 6.92 Å². The van der Waals surface area contributed by atoms with E-state index in [0.29, 0.717) is 39.3 Å². The smallest absolute Gasteiger partial charge is 0.265 e. The summed E-state index contributed by atoms with van der Waals surface area (Å²) in [6, 6.07) is 7.50. The summed E-state index contributed by atoms with van der Waals surface area (Å²) < 4.78 is 7.41. The molecule has 0 aliphatic rings. The summed E-state index contributed by atoms with van der Waals surface area (Å²) in [7, 11) is 3.41. The number of amides is 1. The number of aromatic nitrogens is 2. The SMILES string of the molecule is CCOc1ccccc1-c1nc2sc(C(=O)N(C)C)c(C)n2c1C=O. The van der Waals surface area contributed by atoms with E-state index in [-0.39, 0.29) is 5.91 Å². The standard InChI is InChI=1S/C18H19N3O3S/c1-5-24-14-9-7-6-8-12(14)15-13(10-22)21-11(2)16(17(23)20(3)4)25-18(21)19-15/h6-10H,5H2,1-4H3. The normalized spacial score (nSPS) is 10.9. The zero-order chi connectivity index (χ0) is 18.1. The Morgan fingerprint density at radius 1 is 1.36 bits per heavy atom. The topological polar surface area (TPSA) is 63.9 Å². The number of benzene rings is 1. The number of thiazole rings is 1. The number of aldehydes is 1. The molecule has 0 saturated heterocycles. The molecule has 3 rings (SSSR count). The van der Waals surface area contributed by atoms with Gasteiger partial charge >= 0.3 is 0 Å². The van der Waals surface area contributed by atoms with Crippen molar-refractivity contribution in [3.8, 4) is 17.0 Å². The monoisotopic (exact) mass is 357 g/mol. The number of fused-ring (bicyclic) bond motifs is 1. The molecule has 1 amide bonds. The second-order valence-corrected chi connectivity index (χ2v) is 6.70. The van der Waals surface area contributed by atoms with Gasteiger partial charge in [0.2, 0.25) is 0 Å². The molecule has 7 heteroatoms. The van der Waals surface area contributed by atoms with Crippen molar-refractivity contribution < 1.29 is 14.3 Å². The van der Waals surface area contributed by atoms with Crippen LogP contribution in [0.4, 0.5) is 0 Å². The number of aryl methyl sites for hydroxylation is 1. The van der Waals surface area contributed by atoms with Gasteiger partial charge in [-0.1, -0.05) is 23.5 Å². The zero-order valence-corrected chi connectivity index (χ0v) is 15.4. The van der Waals surface area contributed by atoms with Gasteiger partial charge in [0, 0.05) is 25.4 Å². The van der Waals surface area contributed by atoms with E-state index < -0.39 is 0 Å². The van der Waals surface area contributed by atoms with Crippen molar-refractivity contribution >= 4 is 28.5 Å². The molecule has 0 saturated carbocycles. The van der Waals surface area contributed by atoms with Gasteiger partial charge in [-0.15, -0.1) is 0 Å². The molecule has 130 valence electrons. The summed E-state index contributed by atoms with van der Waals surface area (Å²) in [5.74, 6) is 0.585. The first-order valence-electron chi connectivity index (χ1n) is 7.90. The van der Waals surface area contributed by atoms with Crippen LogP contribution < -0.4 is 4.74 Å². The maximum absolute atomic E-state index is 12.3. The number of para-hydroxylation sites is 1. The fraction of sp³-hybridized carbons (Fsp3) is 0.278. The number of nitrogens with zero attached hydrogens (tertiary/aromatic N) is 3. The van der Waals surface area contributed by atoms with E-state index in [9.17, 15) is 9.59 Å². The molecule has 0 aliphatic carbocycles. The highest BCUT2D eigenvalue weighted by Gasteiger charge is 2.24. The third-order valence-corrected chi connectivity index (χ3v) is 5.02. The van der Waals surface area contributed by atoms with Crippen molar-refractivity contribution in [1.82, 2.24) is 14.3 Å². The van der Waals surface area contributed by atoms with E-state index in [1.807, 2.05) is 38.1 Å². The van der Waals surface area contributed by atoms with Crippen LogP contribution in [0.2, 0.25) is 0 Å². The first-order chi connectivity index (χ1) is 12.0. The molecule has 0 N–H and O–H groups in total. The van der Waals surface area contributed by atoms with Gasteiger partial charge in [-0.25, -0.2) is 4.98 Å². The van der Waals surface area contributed by atoms with Crippen molar-refractivity contribution in [3.63, 3.8) is 0 Å². The van der Waals surface area contributed by atoms with Gasteiger partial charge in [-0.3, -0.25) is 14.0 Å². The molecule has 0 spiro atoms. The summed E-state index contributed by atoms with van der Waals surface area (Å²) in [6.45, 7) is 4.26. The second-order valence-electron chi connectivity index (χ2n) is 5.73. The highest BCUT2D eigenvalue weighted by atomic mass is 32.1. The Balaban J connectivity index is 2.23. The zero-order valence-electron chi connectivity index (χ0n) is 14.6. The van der Waals surface area contributed by atoms with Crippen molar-refractivity contribution in [2.75, 3.05) is 20.7 Å². The van der Waals surface area contributed by atoms with E-state index in [1.54, 1.807) is 18.5 Å². The Hall–Kier alpha value is -2.67. The average molecular weight is 357 g/mol. The lowest BCUT2D eigenvalue weighted by Gasteiger charge is -2.10. The van der Waals surface area contributed by atoms with Gasteiger partial charge in [0.25, 0.3) is 5.91 Å². The van der Waals surface area contributed by atoms with Crippen LogP contribution in [-0.4, -0.2) is 47.2 Å². The molecule has 0 radical (unpaired) electrons. The van der Waals surface area contributed by atoms with Crippen LogP contribution in [0.3, 0.4) is 0 Å². The lowest BCUT2D eigenvalue weighted by atomic mass is 10.1. The molecule has 0 aliphatic heterocycles. The van der Waals surface area contributed by atoms with Crippen LogP contribution in [0.5, 0.6) is 5.75 Å². The van der Waals surface area contributed by atoms with Crippen LogP contribution >= 0.6 is 11.3 Å². The van der Waals surface area contributed by atoms with Crippen LogP contribution in [0.15, 0.2) is 24.3 Å². The number of hydrogen-bond donors (Lipinski definition) is 0. The fourth-order valence-corrected chi connectivity index (χ4v) is 3.88. The number of rotatable bonds is 5. The number of carbonyl (C=O) groups is 2. The van der Waals surface area contributed by atoms with Gasteiger partial charge in [-0.05, 0) is 26.0 Å². The summed E-state index contributed by atoms with van der Waals surface area (Å²) in [4.78, 5) is 31.5. The minimum absolute atomic E-state index is 0.0962. The third kappa shape index (κ3) is 2.80. The highest BCUT2D eigenvalue weighted by Crippen LogP contribution is 2.35. The molecule has 2 aromatic heterocycles. The molecule has 25 heavy (non-hydrogen) atoms. The molecular weight excluding hydrogens is 338 g/mol. The largest absolute Gasteiger partial charge is 0.493 e. The van der Waals surface area contributed by atoms with E-state index in [2.05, 4.69) is 4.98 Å². The summed E-state index contributed by atoms with van der Waals surface area (Å²) >= 11 is 1.29. The number of carbonyl (C=O) groups excluding carboxylic acids is 2. The van der Waals surface area contributed by atoms with Crippen molar-refractivity contribution in [1.29, 1.82) is 0 Å². The van der Waals surface area contributed by atoms with E-state index in [0.717, 1.165) is 11.8 Å². The molecular formula is C18H19N3O3S. The van der Waals surface area contributed by atoms with Crippen molar-refractivity contribution in [3.05, 3.63) is 40.5 Å². The molecule has 6 nitrogen and oxygen atoms in total. The number of hydrogen-bond acceptors (Lipinski definition) is 5. The maximum Gasteiger partial charge on any atom is 0.265 e. The third-order valence-electron chi connectivity index (χ3n) is 3.89. The Morgan fingerprint density at radius 2 is 2.08 bits per heavy atom. The highest BCUT2D eigenvalue weighted by molar-refractivity contribution is 7.19. The van der Waals surface area contributed by atoms with Gasteiger partial charge in [0.15, 0.2) is 11.2 Å². The van der Waals surface area contributed by atoms with E-state index in [1.165, 1.54) is 16.2 Å².